The molecule has 1 aromatic heterocycles. The number of carbonyl (C=O) groups is 1. The van der Waals surface area contributed by atoms with E-state index in [1.54, 1.807) is 7.11 Å². The number of nitro groups is 1. The molecule has 0 N–H and O–H groups in total. The molecule has 3 rings (SSSR count). The summed E-state index contributed by atoms with van der Waals surface area (Å²) in [4.78, 5) is 27.6. The minimum atomic E-state index is -0.633. The number of hydrogen-bond acceptors (Lipinski definition) is 5. The topological polar surface area (TPSA) is 86.7 Å². The fraction of sp³-hybridized carbons (Fsp3) is 0.176. The number of non-ortho nitro benzene ring substituents is 1. The zero-order chi connectivity index (χ0) is 18.8. The number of para-hydroxylation sites is 1. The Labute approximate surface area is 157 Å². The van der Waals surface area contributed by atoms with Crippen molar-refractivity contribution in [3.05, 3.63) is 61.9 Å². The van der Waals surface area contributed by atoms with E-state index in [1.807, 2.05) is 29.7 Å². The van der Waals surface area contributed by atoms with Gasteiger partial charge in [0.05, 0.1) is 27.3 Å². The molecular formula is C17H14ClN3O4S. The number of thiazole rings is 1. The summed E-state index contributed by atoms with van der Waals surface area (Å²) >= 11 is 7.37. The molecule has 1 heterocycles. The van der Waals surface area contributed by atoms with Crippen LogP contribution in [0, 0.1) is 10.1 Å². The van der Waals surface area contributed by atoms with Crippen LogP contribution in [0.4, 0.5) is 5.69 Å². The number of aryl methyl sites for hydroxylation is 1. The maximum Gasteiger partial charge on any atom is 0.281 e. The highest BCUT2D eigenvalue weighted by Gasteiger charge is 2.17. The number of amides is 1. The molecule has 0 saturated heterocycles. The van der Waals surface area contributed by atoms with Gasteiger partial charge in [-0.3, -0.25) is 14.9 Å². The second-order valence-electron chi connectivity index (χ2n) is 5.27. The first kappa shape index (κ1) is 18.1. The van der Waals surface area contributed by atoms with E-state index in [0.29, 0.717) is 17.1 Å². The number of nitro benzene ring substituents is 1. The predicted molar refractivity (Wildman–Crippen MR) is 100 cm³/mol. The molecule has 134 valence electrons. The maximum atomic E-state index is 12.6. The van der Waals surface area contributed by atoms with Gasteiger partial charge >= 0.3 is 0 Å². The molecule has 0 aliphatic heterocycles. The molecular weight excluding hydrogens is 378 g/mol. The van der Waals surface area contributed by atoms with Crippen molar-refractivity contribution in [3.8, 4) is 5.75 Å². The summed E-state index contributed by atoms with van der Waals surface area (Å²) in [5.41, 5.74) is 0.626. The second-order valence-corrected chi connectivity index (χ2v) is 6.69. The van der Waals surface area contributed by atoms with Crippen LogP contribution in [0.25, 0.3) is 10.2 Å². The van der Waals surface area contributed by atoms with E-state index in [2.05, 4.69) is 4.99 Å². The Morgan fingerprint density at radius 1 is 1.38 bits per heavy atom. The lowest BCUT2D eigenvalue weighted by molar-refractivity contribution is -0.384. The lowest BCUT2D eigenvalue weighted by Crippen LogP contribution is -2.16. The van der Waals surface area contributed by atoms with Crippen molar-refractivity contribution in [2.45, 2.75) is 13.5 Å². The van der Waals surface area contributed by atoms with Crippen LogP contribution in [0.15, 0.2) is 41.4 Å². The Morgan fingerprint density at radius 2 is 2.15 bits per heavy atom. The van der Waals surface area contributed by atoms with Crippen molar-refractivity contribution < 1.29 is 14.5 Å². The molecule has 0 radical (unpaired) electrons. The van der Waals surface area contributed by atoms with Crippen LogP contribution >= 0.6 is 22.9 Å². The van der Waals surface area contributed by atoms with Crippen LogP contribution in [-0.4, -0.2) is 22.5 Å². The molecule has 0 saturated carbocycles. The molecule has 0 aliphatic carbocycles. The molecule has 0 aliphatic rings. The molecule has 1 amide bonds. The van der Waals surface area contributed by atoms with Crippen LogP contribution in [0.2, 0.25) is 5.02 Å². The van der Waals surface area contributed by atoms with Gasteiger partial charge in [0.25, 0.3) is 11.6 Å². The summed E-state index contributed by atoms with van der Waals surface area (Å²) in [5.74, 6) is 0.0503. The third-order valence-corrected chi connectivity index (χ3v) is 5.16. The average Bonchev–Trinajstić information content (AvgIpc) is 2.98. The zero-order valence-electron chi connectivity index (χ0n) is 13.9. The lowest BCUT2D eigenvalue weighted by Gasteiger charge is -2.05. The van der Waals surface area contributed by atoms with Crippen molar-refractivity contribution >= 4 is 44.7 Å². The van der Waals surface area contributed by atoms with Crippen molar-refractivity contribution in [1.29, 1.82) is 0 Å². The van der Waals surface area contributed by atoms with Crippen molar-refractivity contribution in [3.63, 3.8) is 0 Å². The lowest BCUT2D eigenvalue weighted by atomic mass is 10.2. The molecule has 0 atom stereocenters. The standard InChI is InChI=1S/C17H14ClN3O4S/c1-3-20-15-13(25-2)5-4-6-14(15)26-17(20)19-16(22)11-9-10(21(23)24)7-8-12(11)18/h4-9H,3H2,1-2H3. The van der Waals surface area contributed by atoms with Crippen LogP contribution in [0.5, 0.6) is 5.75 Å². The summed E-state index contributed by atoms with van der Waals surface area (Å²) in [6, 6.07) is 9.32. The highest BCUT2D eigenvalue weighted by Crippen LogP contribution is 2.27. The van der Waals surface area contributed by atoms with E-state index in [9.17, 15) is 14.9 Å². The molecule has 0 unspecified atom stereocenters. The summed E-state index contributed by atoms with van der Waals surface area (Å²) in [6.45, 7) is 2.51. The Kier molecular flexibility index (Phi) is 5.06. The molecule has 2 aromatic carbocycles. The number of hydrogen-bond donors (Lipinski definition) is 0. The van der Waals surface area contributed by atoms with Gasteiger partial charge in [0.15, 0.2) is 4.80 Å². The van der Waals surface area contributed by atoms with E-state index >= 15 is 0 Å². The first-order chi connectivity index (χ1) is 12.5. The fourth-order valence-corrected chi connectivity index (χ4v) is 3.89. The fourth-order valence-electron chi connectivity index (χ4n) is 2.58. The van der Waals surface area contributed by atoms with E-state index < -0.39 is 10.8 Å². The van der Waals surface area contributed by atoms with Gasteiger partial charge in [0.2, 0.25) is 0 Å². The summed E-state index contributed by atoms with van der Waals surface area (Å²) in [5, 5.41) is 11.1. The van der Waals surface area contributed by atoms with Crippen LogP contribution in [-0.2, 0) is 6.54 Å². The number of nitrogens with zero attached hydrogens (tertiary/aromatic N) is 3. The smallest absolute Gasteiger partial charge is 0.281 e. The Bertz CT molecular complexity index is 1090. The Morgan fingerprint density at radius 3 is 2.81 bits per heavy atom. The summed E-state index contributed by atoms with van der Waals surface area (Å²) in [6.07, 6.45) is 0. The summed E-state index contributed by atoms with van der Waals surface area (Å²) < 4.78 is 8.18. The molecule has 7 nitrogen and oxygen atoms in total. The molecule has 9 heteroatoms. The van der Waals surface area contributed by atoms with E-state index in [-0.39, 0.29) is 16.3 Å². The molecule has 0 fully saturated rings. The third-order valence-electron chi connectivity index (χ3n) is 3.79. The number of fused-ring (bicyclic) bond motifs is 1. The summed E-state index contributed by atoms with van der Waals surface area (Å²) in [7, 11) is 1.58. The van der Waals surface area contributed by atoms with E-state index in [4.69, 9.17) is 16.3 Å². The Balaban J connectivity index is 2.18. The quantitative estimate of drug-likeness (QED) is 0.496. The van der Waals surface area contributed by atoms with Gasteiger partial charge in [-0.25, -0.2) is 0 Å². The van der Waals surface area contributed by atoms with Crippen LogP contribution in [0.3, 0.4) is 0 Å². The number of carbonyl (C=O) groups excluding carboxylic acids is 1. The number of halogens is 1. The number of benzene rings is 2. The van der Waals surface area contributed by atoms with Crippen molar-refractivity contribution in [2.75, 3.05) is 7.11 Å². The maximum absolute atomic E-state index is 12.6. The van der Waals surface area contributed by atoms with E-state index in [1.165, 1.54) is 23.5 Å². The second kappa shape index (κ2) is 7.27. The van der Waals surface area contributed by atoms with Crippen LogP contribution in [0.1, 0.15) is 17.3 Å². The minimum Gasteiger partial charge on any atom is -0.495 e. The van der Waals surface area contributed by atoms with Gasteiger partial charge in [-0.1, -0.05) is 29.0 Å². The first-order valence-electron chi connectivity index (χ1n) is 7.65. The molecule has 26 heavy (non-hydrogen) atoms. The average molecular weight is 392 g/mol. The first-order valence-corrected chi connectivity index (χ1v) is 8.85. The van der Waals surface area contributed by atoms with Gasteiger partial charge in [-0.2, -0.15) is 4.99 Å². The van der Waals surface area contributed by atoms with Gasteiger partial charge < -0.3 is 9.30 Å². The number of aromatic nitrogens is 1. The van der Waals surface area contributed by atoms with Crippen molar-refractivity contribution in [2.24, 2.45) is 4.99 Å². The highest BCUT2D eigenvalue weighted by molar-refractivity contribution is 7.16. The molecule has 0 spiro atoms. The van der Waals surface area contributed by atoms with Gasteiger partial charge in [-0.05, 0) is 25.1 Å². The predicted octanol–water partition coefficient (Wildman–Crippen LogP) is 4.03. The number of methoxy groups -OCH3 is 1. The van der Waals surface area contributed by atoms with Crippen molar-refractivity contribution in [1.82, 2.24) is 4.57 Å². The van der Waals surface area contributed by atoms with Gasteiger partial charge in [-0.15, -0.1) is 0 Å². The Hall–Kier alpha value is -2.71. The number of ether oxygens (including phenoxy) is 1. The highest BCUT2D eigenvalue weighted by atomic mass is 35.5. The zero-order valence-corrected chi connectivity index (χ0v) is 15.5. The number of rotatable bonds is 4. The third kappa shape index (κ3) is 3.21. The monoisotopic (exact) mass is 391 g/mol. The van der Waals surface area contributed by atoms with Gasteiger partial charge in [0, 0.05) is 18.7 Å². The van der Waals surface area contributed by atoms with Gasteiger partial charge in [0.1, 0.15) is 11.3 Å². The van der Waals surface area contributed by atoms with Crippen LogP contribution < -0.4 is 9.54 Å². The van der Waals surface area contributed by atoms with E-state index in [0.717, 1.165) is 16.3 Å². The molecule has 0 bridgehead atoms. The minimum absolute atomic E-state index is 0.00654. The SMILES string of the molecule is CCn1c(=NC(=O)c2cc([N+](=O)[O-])ccc2Cl)sc2cccc(OC)c21. The largest absolute Gasteiger partial charge is 0.495 e. The molecule has 3 aromatic rings. The normalized spacial score (nSPS) is 11.7.